The number of ether oxygens (including phenoxy) is 1. The molecule has 1 fully saturated rings. The van der Waals surface area contributed by atoms with Crippen LogP contribution in [0.1, 0.15) is 40.5 Å². The van der Waals surface area contributed by atoms with Crippen molar-refractivity contribution in [3.63, 3.8) is 0 Å². The Bertz CT molecular complexity index is 506. The zero-order chi connectivity index (χ0) is 16.3. The Morgan fingerprint density at radius 3 is 2.50 bits per heavy atom. The van der Waals surface area contributed by atoms with Crippen molar-refractivity contribution in [1.29, 1.82) is 0 Å². The summed E-state index contributed by atoms with van der Waals surface area (Å²) in [6, 6.07) is 3.39. The number of halogens is 1. The maximum absolute atomic E-state index is 12.7. The molecule has 1 aromatic heterocycles. The molecule has 1 saturated heterocycles. The van der Waals surface area contributed by atoms with E-state index in [1.54, 1.807) is 32.2 Å². The molecule has 122 valence electrons. The molecule has 2 rings (SSSR count). The zero-order valence-electron chi connectivity index (χ0n) is 13.8. The quantitative estimate of drug-likeness (QED) is 0.791. The van der Waals surface area contributed by atoms with Crippen LogP contribution in [0.25, 0.3) is 0 Å². The van der Waals surface area contributed by atoms with Gasteiger partial charge in [0.2, 0.25) is 0 Å². The minimum Gasteiger partial charge on any atom is -0.476 e. The molecule has 0 aliphatic carbocycles. The standard InChI is InChI=1S/C17H25ClN2O2/c1-12(2)13-7-9-20(10-8-13)16(21)17(3,4)22-14-5-6-15(18)19-11-14/h5-6,11-13H,7-10H2,1-4H3. The maximum Gasteiger partial charge on any atom is 0.266 e. The first kappa shape index (κ1) is 17.1. The van der Waals surface area contributed by atoms with Gasteiger partial charge in [0.25, 0.3) is 5.91 Å². The van der Waals surface area contributed by atoms with Crippen LogP contribution in [-0.4, -0.2) is 34.5 Å². The van der Waals surface area contributed by atoms with E-state index in [-0.39, 0.29) is 5.91 Å². The highest BCUT2D eigenvalue weighted by molar-refractivity contribution is 6.29. The number of likely N-dealkylation sites (tertiary alicyclic amines) is 1. The van der Waals surface area contributed by atoms with Gasteiger partial charge in [-0.2, -0.15) is 0 Å². The first-order valence-electron chi connectivity index (χ1n) is 7.89. The Morgan fingerprint density at radius 1 is 1.36 bits per heavy atom. The van der Waals surface area contributed by atoms with E-state index >= 15 is 0 Å². The van der Waals surface area contributed by atoms with Crippen molar-refractivity contribution < 1.29 is 9.53 Å². The van der Waals surface area contributed by atoms with Crippen LogP contribution in [0.15, 0.2) is 18.3 Å². The Labute approximate surface area is 137 Å². The van der Waals surface area contributed by atoms with Gasteiger partial charge in [0, 0.05) is 13.1 Å². The van der Waals surface area contributed by atoms with Crippen molar-refractivity contribution in [2.75, 3.05) is 13.1 Å². The topological polar surface area (TPSA) is 42.4 Å². The van der Waals surface area contributed by atoms with Crippen molar-refractivity contribution in [1.82, 2.24) is 9.88 Å². The molecular weight excluding hydrogens is 300 g/mol. The van der Waals surface area contributed by atoms with Crippen molar-refractivity contribution in [3.8, 4) is 5.75 Å². The van der Waals surface area contributed by atoms with Crippen LogP contribution < -0.4 is 4.74 Å². The molecule has 22 heavy (non-hydrogen) atoms. The molecule has 1 aliphatic heterocycles. The fourth-order valence-electron chi connectivity index (χ4n) is 2.91. The first-order chi connectivity index (χ1) is 10.3. The number of amides is 1. The lowest BCUT2D eigenvalue weighted by molar-refractivity contribution is -0.147. The number of rotatable bonds is 4. The molecule has 1 aromatic rings. The molecule has 1 aliphatic rings. The van der Waals surface area contributed by atoms with Crippen LogP contribution in [0.3, 0.4) is 0 Å². The van der Waals surface area contributed by atoms with Crippen LogP contribution in [0.4, 0.5) is 0 Å². The molecule has 0 spiro atoms. The van der Waals surface area contributed by atoms with E-state index in [1.165, 1.54) is 0 Å². The van der Waals surface area contributed by atoms with E-state index in [4.69, 9.17) is 16.3 Å². The van der Waals surface area contributed by atoms with Gasteiger partial charge in [0.05, 0.1) is 6.20 Å². The molecule has 1 amide bonds. The molecule has 5 heteroatoms. The summed E-state index contributed by atoms with van der Waals surface area (Å²) in [7, 11) is 0. The number of pyridine rings is 1. The van der Waals surface area contributed by atoms with Gasteiger partial charge in [-0.1, -0.05) is 25.4 Å². The normalized spacial score (nSPS) is 16.9. The number of carbonyl (C=O) groups excluding carboxylic acids is 1. The van der Waals surface area contributed by atoms with E-state index in [9.17, 15) is 4.79 Å². The van der Waals surface area contributed by atoms with Crippen LogP contribution in [0.2, 0.25) is 5.15 Å². The van der Waals surface area contributed by atoms with Crippen molar-refractivity contribution in [2.24, 2.45) is 11.8 Å². The highest BCUT2D eigenvalue weighted by atomic mass is 35.5. The van der Waals surface area contributed by atoms with Gasteiger partial charge in [-0.05, 0) is 50.7 Å². The van der Waals surface area contributed by atoms with Gasteiger partial charge in [-0.15, -0.1) is 0 Å². The van der Waals surface area contributed by atoms with Gasteiger partial charge in [0.1, 0.15) is 10.9 Å². The lowest BCUT2D eigenvalue weighted by atomic mass is 9.86. The molecule has 0 bridgehead atoms. The maximum atomic E-state index is 12.7. The third-order valence-corrected chi connectivity index (χ3v) is 4.58. The molecule has 0 unspecified atom stereocenters. The molecular formula is C17H25ClN2O2. The summed E-state index contributed by atoms with van der Waals surface area (Å²) in [5.74, 6) is 1.99. The second-order valence-corrected chi connectivity index (χ2v) is 7.19. The summed E-state index contributed by atoms with van der Waals surface area (Å²) >= 11 is 5.76. The molecule has 0 radical (unpaired) electrons. The Hall–Kier alpha value is -1.29. The van der Waals surface area contributed by atoms with Crippen LogP contribution in [-0.2, 0) is 4.79 Å². The van der Waals surface area contributed by atoms with Gasteiger partial charge in [-0.3, -0.25) is 4.79 Å². The average molecular weight is 325 g/mol. The molecule has 0 atom stereocenters. The molecule has 0 N–H and O–H groups in total. The largest absolute Gasteiger partial charge is 0.476 e. The minimum absolute atomic E-state index is 0.0321. The molecule has 0 saturated carbocycles. The minimum atomic E-state index is -0.903. The Morgan fingerprint density at radius 2 is 2.00 bits per heavy atom. The fourth-order valence-corrected chi connectivity index (χ4v) is 3.02. The number of piperidine rings is 1. The summed E-state index contributed by atoms with van der Waals surface area (Å²) in [6.45, 7) is 9.74. The molecule has 4 nitrogen and oxygen atoms in total. The lowest BCUT2D eigenvalue weighted by Crippen LogP contribution is -2.51. The highest BCUT2D eigenvalue weighted by Gasteiger charge is 2.36. The van der Waals surface area contributed by atoms with Crippen molar-refractivity contribution >= 4 is 17.5 Å². The summed E-state index contributed by atoms with van der Waals surface area (Å²) in [5, 5.41) is 0.409. The fraction of sp³-hybridized carbons (Fsp3) is 0.647. The summed E-state index contributed by atoms with van der Waals surface area (Å²) in [4.78, 5) is 18.6. The number of hydrogen-bond acceptors (Lipinski definition) is 3. The summed E-state index contributed by atoms with van der Waals surface area (Å²) in [6.07, 6.45) is 3.69. The second kappa shape index (κ2) is 6.86. The second-order valence-electron chi connectivity index (χ2n) is 6.80. The van der Waals surface area contributed by atoms with E-state index in [0.29, 0.717) is 22.7 Å². The van der Waals surface area contributed by atoms with E-state index in [0.717, 1.165) is 25.9 Å². The highest BCUT2D eigenvalue weighted by Crippen LogP contribution is 2.27. The number of nitrogens with zero attached hydrogens (tertiary/aromatic N) is 2. The Kier molecular flexibility index (Phi) is 5.32. The summed E-state index contributed by atoms with van der Waals surface area (Å²) in [5.41, 5.74) is -0.903. The zero-order valence-corrected chi connectivity index (χ0v) is 14.6. The number of carbonyl (C=O) groups is 1. The van der Waals surface area contributed by atoms with Gasteiger partial charge in [-0.25, -0.2) is 4.98 Å². The van der Waals surface area contributed by atoms with E-state index in [2.05, 4.69) is 18.8 Å². The predicted molar refractivity (Wildman–Crippen MR) is 88.1 cm³/mol. The number of hydrogen-bond donors (Lipinski definition) is 0. The smallest absolute Gasteiger partial charge is 0.266 e. The third-order valence-electron chi connectivity index (χ3n) is 4.36. The van der Waals surface area contributed by atoms with Gasteiger partial charge < -0.3 is 9.64 Å². The predicted octanol–water partition coefficient (Wildman–Crippen LogP) is 3.79. The monoisotopic (exact) mass is 324 g/mol. The van der Waals surface area contributed by atoms with Gasteiger partial charge in [0.15, 0.2) is 5.60 Å². The molecule has 2 heterocycles. The van der Waals surface area contributed by atoms with Crippen LogP contribution in [0, 0.1) is 11.8 Å². The third kappa shape index (κ3) is 4.13. The van der Waals surface area contributed by atoms with Crippen molar-refractivity contribution in [3.05, 3.63) is 23.5 Å². The van der Waals surface area contributed by atoms with E-state index < -0.39 is 5.60 Å². The van der Waals surface area contributed by atoms with Crippen LogP contribution >= 0.6 is 11.6 Å². The van der Waals surface area contributed by atoms with Crippen molar-refractivity contribution in [2.45, 2.75) is 46.1 Å². The first-order valence-corrected chi connectivity index (χ1v) is 8.27. The van der Waals surface area contributed by atoms with Crippen LogP contribution in [0.5, 0.6) is 5.75 Å². The average Bonchev–Trinajstić information content (AvgIpc) is 2.48. The summed E-state index contributed by atoms with van der Waals surface area (Å²) < 4.78 is 5.83. The SMILES string of the molecule is CC(C)C1CCN(C(=O)C(C)(C)Oc2ccc(Cl)nc2)CC1. The van der Waals surface area contributed by atoms with Gasteiger partial charge >= 0.3 is 0 Å². The lowest BCUT2D eigenvalue weighted by Gasteiger charge is -2.38. The molecule has 0 aromatic carbocycles. The number of aromatic nitrogens is 1. The Balaban J connectivity index is 1.97. The van der Waals surface area contributed by atoms with E-state index in [1.807, 2.05) is 4.90 Å².